The smallest absolute Gasteiger partial charge is 0.116 e. The van der Waals surface area contributed by atoms with Gasteiger partial charge in [-0.05, 0) is 55.7 Å². The molecule has 0 saturated carbocycles. The molecule has 1 aromatic carbocycles. The second-order valence-electron chi connectivity index (χ2n) is 4.41. The fraction of sp³-hybridized carbons (Fsp3) is 0.214. The molecule has 0 atom stereocenters. The van der Waals surface area contributed by atoms with E-state index in [2.05, 4.69) is 25.8 Å². The molecule has 2 aliphatic rings. The van der Waals surface area contributed by atoms with Crippen molar-refractivity contribution >= 4 is 5.57 Å². The second-order valence-corrected chi connectivity index (χ2v) is 4.41. The average molecular weight is 211 g/mol. The van der Waals surface area contributed by atoms with Gasteiger partial charge in [-0.25, -0.2) is 4.99 Å². The molecule has 0 amide bonds. The molecule has 2 heteroatoms. The first kappa shape index (κ1) is 9.40. The molecule has 0 radical (unpaired) electrons. The lowest BCUT2D eigenvalue weighted by Crippen LogP contribution is -2.22. The molecule has 0 aromatic heterocycles. The lowest BCUT2D eigenvalue weighted by atomic mass is 10.1. The third-order valence-electron chi connectivity index (χ3n) is 3.57. The minimum absolute atomic E-state index is 0.303. The third-order valence-corrected chi connectivity index (χ3v) is 3.57. The number of phenols is 1. The van der Waals surface area contributed by atoms with Crippen molar-refractivity contribution < 1.29 is 5.11 Å². The van der Waals surface area contributed by atoms with E-state index in [0.717, 1.165) is 16.3 Å². The van der Waals surface area contributed by atoms with Crippen molar-refractivity contribution in [3.05, 3.63) is 51.2 Å². The molecule has 1 aliphatic carbocycles. The minimum atomic E-state index is 0.303. The molecule has 1 heterocycles. The van der Waals surface area contributed by atoms with Gasteiger partial charge >= 0.3 is 0 Å². The van der Waals surface area contributed by atoms with Crippen LogP contribution in [-0.4, -0.2) is 5.11 Å². The molecule has 1 N–H and O–H groups in total. The molecule has 0 fully saturated rings. The topological polar surface area (TPSA) is 32.6 Å². The molecule has 0 bridgehead atoms. The fourth-order valence-corrected chi connectivity index (χ4v) is 2.42. The highest BCUT2D eigenvalue weighted by Crippen LogP contribution is 2.38. The van der Waals surface area contributed by atoms with Gasteiger partial charge in [0.1, 0.15) is 5.75 Å². The molecule has 0 spiro atoms. The van der Waals surface area contributed by atoms with Crippen molar-refractivity contribution in [3.8, 4) is 5.75 Å². The van der Waals surface area contributed by atoms with Gasteiger partial charge in [0.05, 0.1) is 11.1 Å². The van der Waals surface area contributed by atoms with Crippen LogP contribution in [0.4, 0.5) is 0 Å². The van der Waals surface area contributed by atoms with Gasteiger partial charge < -0.3 is 5.11 Å². The molecule has 0 unspecified atom stereocenters. The SMILES string of the molecule is CC1=C(C)C2=c3cc(O)ccc3=NC2=C1C. The van der Waals surface area contributed by atoms with E-state index in [4.69, 9.17) is 0 Å². The number of rotatable bonds is 0. The number of phenolic OH excluding ortho intramolecular Hbond substituents is 1. The van der Waals surface area contributed by atoms with Crippen LogP contribution in [0.3, 0.4) is 0 Å². The summed E-state index contributed by atoms with van der Waals surface area (Å²) in [5.41, 5.74) is 6.11. The summed E-state index contributed by atoms with van der Waals surface area (Å²) in [6.07, 6.45) is 0. The number of hydrogen-bond donors (Lipinski definition) is 1. The first-order chi connectivity index (χ1) is 7.59. The highest BCUT2D eigenvalue weighted by atomic mass is 16.3. The summed E-state index contributed by atoms with van der Waals surface area (Å²) in [6, 6.07) is 5.36. The highest BCUT2D eigenvalue weighted by molar-refractivity contribution is 5.86. The molecule has 16 heavy (non-hydrogen) atoms. The first-order valence-corrected chi connectivity index (χ1v) is 5.41. The Hall–Kier alpha value is -1.83. The van der Waals surface area contributed by atoms with Gasteiger partial charge in [0.2, 0.25) is 0 Å². The third kappa shape index (κ3) is 0.990. The van der Waals surface area contributed by atoms with Gasteiger partial charge in [0.15, 0.2) is 0 Å². The first-order valence-electron chi connectivity index (χ1n) is 5.41. The van der Waals surface area contributed by atoms with E-state index in [9.17, 15) is 5.11 Å². The normalized spacial score (nSPS) is 17.8. The lowest BCUT2D eigenvalue weighted by molar-refractivity contribution is 0.474. The van der Waals surface area contributed by atoms with E-state index in [0.29, 0.717) is 5.75 Å². The van der Waals surface area contributed by atoms with Gasteiger partial charge in [-0.15, -0.1) is 0 Å². The summed E-state index contributed by atoms with van der Waals surface area (Å²) < 4.78 is 0. The summed E-state index contributed by atoms with van der Waals surface area (Å²) in [7, 11) is 0. The van der Waals surface area contributed by atoms with Crippen LogP contribution in [0.1, 0.15) is 20.8 Å². The fourth-order valence-electron chi connectivity index (χ4n) is 2.42. The Labute approximate surface area is 94.0 Å². The molecule has 80 valence electrons. The van der Waals surface area contributed by atoms with Crippen molar-refractivity contribution in [1.82, 2.24) is 0 Å². The van der Waals surface area contributed by atoms with E-state index < -0.39 is 0 Å². The lowest BCUT2D eigenvalue weighted by Gasteiger charge is -1.98. The predicted molar refractivity (Wildman–Crippen MR) is 63.4 cm³/mol. The molecule has 2 nitrogen and oxygen atoms in total. The van der Waals surface area contributed by atoms with Crippen LogP contribution in [0.25, 0.3) is 5.57 Å². The monoisotopic (exact) mass is 211 g/mol. The Morgan fingerprint density at radius 3 is 2.50 bits per heavy atom. The van der Waals surface area contributed by atoms with Crippen LogP contribution in [-0.2, 0) is 0 Å². The van der Waals surface area contributed by atoms with E-state index in [1.807, 2.05) is 6.07 Å². The molecule has 0 saturated heterocycles. The molecular weight excluding hydrogens is 198 g/mol. The van der Waals surface area contributed by atoms with E-state index >= 15 is 0 Å². The van der Waals surface area contributed by atoms with Gasteiger partial charge in [-0.3, -0.25) is 0 Å². The second kappa shape index (κ2) is 2.85. The summed E-state index contributed by atoms with van der Waals surface area (Å²) in [4.78, 5) is 4.63. The Kier molecular flexibility index (Phi) is 1.67. The van der Waals surface area contributed by atoms with Gasteiger partial charge in [0, 0.05) is 10.8 Å². The average Bonchev–Trinajstić information content (AvgIpc) is 2.72. The Morgan fingerprint density at radius 2 is 1.75 bits per heavy atom. The number of nitrogens with zero attached hydrogens (tertiary/aromatic N) is 1. The van der Waals surface area contributed by atoms with Crippen LogP contribution >= 0.6 is 0 Å². The van der Waals surface area contributed by atoms with Crippen molar-refractivity contribution in [2.24, 2.45) is 4.99 Å². The van der Waals surface area contributed by atoms with E-state index in [-0.39, 0.29) is 0 Å². The van der Waals surface area contributed by atoms with E-state index in [1.54, 1.807) is 12.1 Å². The van der Waals surface area contributed by atoms with Crippen molar-refractivity contribution in [1.29, 1.82) is 0 Å². The summed E-state index contributed by atoms with van der Waals surface area (Å²) in [5.74, 6) is 0.303. The molecule has 1 aromatic rings. The van der Waals surface area contributed by atoms with Crippen LogP contribution in [0.15, 0.2) is 45.6 Å². The largest absolute Gasteiger partial charge is 0.508 e. The maximum atomic E-state index is 9.55. The standard InChI is InChI=1S/C14H13NO/c1-7-8(2)13-11-6-10(16)4-5-12(11)15-14(13)9(7)3/h4-6,16H,1-3H3. The zero-order valence-corrected chi connectivity index (χ0v) is 9.63. The summed E-state index contributed by atoms with van der Waals surface area (Å²) >= 11 is 0. The highest BCUT2D eigenvalue weighted by Gasteiger charge is 2.25. The quantitative estimate of drug-likeness (QED) is 0.697. The van der Waals surface area contributed by atoms with Gasteiger partial charge in [-0.2, -0.15) is 0 Å². The predicted octanol–water partition coefficient (Wildman–Crippen LogP) is 1.80. The Bertz CT molecular complexity index is 690. The molecule has 1 aliphatic heterocycles. The number of benzene rings is 1. The molecular formula is C14H13NO. The minimum Gasteiger partial charge on any atom is -0.508 e. The van der Waals surface area contributed by atoms with Crippen LogP contribution < -0.4 is 10.6 Å². The van der Waals surface area contributed by atoms with Crippen LogP contribution in [0.2, 0.25) is 0 Å². The maximum absolute atomic E-state index is 9.55. The number of allylic oxidation sites excluding steroid dienone is 3. The van der Waals surface area contributed by atoms with Crippen molar-refractivity contribution in [2.45, 2.75) is 20.8 Å². The van der Waals surface area contributed by atoms with Gasteiger partial charge in [-0.1, -0.05) is 0 Å². The van der Waals surface area contributed by atoms with Crippen molar-refractivity contribution in [2.75, 3.05) is 0 Å². The number of hydrogen-bond acceptors (Lipinski definition) is 2. The van der Waals surface area contributed by atoms with Crippen molar-refractivity contribution in [3.63, 3.8) is 0 Å². The van der Waals surface area contributed by atoms with E-state index in [1.165, 1.54) is 22.3 Å². The zero-order chi connectivity index (χ0) is 11.4. The maximum Gasteiger partial charge on any atom is 0.116 e. The Morgan fingerprint density at radius 1 is 1.00 bits per heavy atom. The summed E-state index contributed by atoms with van der Waals surface area (Å²) in [6.45, 7) is 6.35. The van der Waals surface area contributed by atoms with Crippen LogP contribution in [0.5, 0.6) is 5.75 Å². The molecule has 3 rings (SSSR count). The summed E-state index contributed by atoms with van der Waals surface area (Å²) in [5, 5.41) is 11.6. The number of aromatic hydroxyl groups is 1. The van der Waals surface area contributed by atoms with Crippen LogP contribution in [0, 0.1) is 0 Å². The Balaban J connectivity index is 2.52. The van der Waals surface area contributed by atoms with Gasteiger partial charge in [0.25, 0.3) is 0 Å². The number of fused-ring (bicyclic) bond motifs is 2. The zero-order valence-electron chi connectivity index (χ0n) is 9.63.